The maximum atomic E-state index is 8.19. The van der Waals surface area contributed by atoms with Gasteiger partial charge in [0.05, 0.1) is 6.54 Å². The molecule has 1 aromatic heterocycles. The average molecular weight is 193 g/mol. The summed E-state index contributed by atoms with van der Waals surface area (Å²) in [5, 5.41) is 3.58. The number of azide groups is 1. The number of hydrogen-bond acceptors (Lipinski definition) is 2. The zero-order valence-corrected chi connectivity index (χ0v) is 8.18. The summed E-state index contributed by atoms with van der Waals surface area (Å²) in [5.41, 5.74) is 9.68. The van der Waals surface area contributed by atoms with Crippen LogP contribution in [0.15, 0.2) is 11.2 Å². The highest BCUT2D eigenvalue weighted by Crippen LogP contribution is 2.29. The third-order valence-electron chi connectivity index (χ3n) is 2.34. The van der Waals surface area contributed by atoms with Crippen LogP contribution in [-0.4, -0.2) is 0 Å². The van der Waals surface area contributed by atoms with Gasteiger partial charge in [0.2, 0.25) is 0 Å². The lowest BCUT2D eigenvalue weighted by Gasteiger charge is -2.08. The summed E-state index contributed by atoms with van der Waals surface area (Å²) in [6.07, 6.45) is 5.05. The van der Waals surface area contributed by atoms with E-state index in [-0.39, 0.29) is 0 Å². The fourth-order valence-corrected chi connectivity index (χ4v) is 2.91. The molecule has 0 saturated carbocycles. The number of fused-ring (bicyclic) bond motifs is 1. The second-order valence-electron chi connectivity index (χ2n) is 3.26. The second kappa shape index (κ2) is 3.81. The monoisotopic (exact) mass is 193 g/mol. The van der Waals surface area contributed by atoms with Gasteiger partial charge in [-0.1, -0.05) is 5.11 Å². The molecule has 1 aliphatic rings. The topological polar surface area (TPSA) is 48.8 Å². The number of thiophene rings is 1. The number of nitrogens with zero attached hydrogens (tertiary/aromatic N) is 3. The predicted molar refractivity (Wildman–Crippen MR) is 53.8 cm³/mol. The molecule has 0 spiro atoms. The molecule has 0 radical (unpaired) electrons. The molecule has 0 amide bonds. The Hall–Kier alpha value is -0.990. The Bertz CT molecular complexity index is 326. The molecule has 1 aromatic rings. The molecule has 0 atom stereocenters. The minimum atomic E-state index is 0.522. The number of aryl methyl sites for hydroxylation is 2. The van der Waals surface area contributed by atoms with Crippen LogP contribution in [0.25, 0.3) is 10.4 Å². The Balaban J connectivity index is 2.19. The standard InChI is InChI=1S/C9H11N3S/c10-12-11-6-8-5-7-3-1-2-4-9(7)13-8/h5H,1-4,6H2. The Morgan fingerprint density at radius 2 is 2.31 bits per heavy atom. The summed E-state index contributed by atoms with van der Waals surface area (Å²) in [7, 11) is 0. The molecule has 1 heterocycles. The lowest BCUT2D eigenvalue weighted by Crippen LogP contribution is -1.96. The summed E-state index contributed by atoms with van der Waals surface area (Å²) in [6, 6.07) is 2.20. The molecule has 0 saturated heterocycles. The molecule has 0 unspecified atom stereocenters. The van der Waals surface area contributed by atoms with Gasteiger partial charge in [0, 0.05) is 14.7 Å². The van der Waals surface area contributed by atoms with E-state index in [1.54, 1.807) is 0 Å². The van der Waals surface area contributed by atoms with Gasteiger partial charge >= 0.3 is 0 Å². The molecule has 0 aromatic carbocycles. The zero-order valence-electron chi connectivity index (χ0n) is 7.36. The van der Waals surface area contributed by atoms with Crippen LogP contribution in [-0.2, 0) is 19.4 Å². The van der Waals surface area contributed by atoms with Gasteiger partial charge in [0.15, 0.2) is 0 Å². The van der Waals surface area contributed by atoms with Crippen LogP contribution in [0.5, 0.6) is 0 Å². The summed E-state index contributed by atoms with van der Waals surface area (Å²) < 4.78 is 0. The van der Waals surface area contributed by atoms with Crippen molar-refractivity contribution in [2.75, 3.05) is 0 Å². The van der Waals surface area contributed by atoms with Gasteiger partial charge in [-0.15, -0.1) is 11.3 Å². The van der Waals surface area contributed by atoms with E-state index in [1.165, 1.54) is 41.0 Å². The molecule has 3 nitrogen and oxygen atoms in total. The molecule has 1 aliphatic carbocycles. The smallest absolute Gasteiger partial charge is 0.0605 e. The van der Waals surface area contributed by atoms with Crippen molar-refractivity contribution in [1.29, 1.82) is 0 Å². The van der Waals surface area contributed by atoms with Crippen LogP contribution in [0.3, 0.4) is 0 Å². The summed E-state index contributed by atoms with van der Waals surface area (Å²) in [6.45, 7) is 0.522. The molecular formula is C9H11N3S. The molecule has 68 valence electrons. The summed E-state index contributed by atoms with van der Waals surface area (Å²) in [5.74, 6) is 0. The van der Waals surface area contributed by atoms with Gasteiger partial charge in [-0.05, 0) is 42.8 Å². The minimum Gasteiger partial charge on any atom is -0.145 e. The van der Waals surface area contributed by atoms with Crippen LogP contribution in [0, 0.1) is 0 Å². The lowest BCUT2D eigenvalue weighted by atomic mass is 9.99. The van der Waals surface area contributed by atoms with Crippen molar-refractivity contribution in [3.8, 4) is 0 Å². The first-order valence-corrected chi connectivity index (χ1v) is 5.33. The van der Waals surface area contributed by atoms with Crippen molar-refractivity contribution < 1.29 is 0 Å². The molecule has 0 aliphatic heterocycles. The Kier molecular flexibility index (Phi) is 2.52. The highest BCUT2D eigenvalue weighted by atomic mass is 32.1. The summed E-state index contributed by atoms with van der Waals surface area (Å²) in [4.78, 5) is 5.49. The third kappa shape index (κ3) is 1.85. The Morgan fingerprint density at radius 3 is 3.08 bits per heavy atom. The van der Waals surface area contributed by atoms with Gasteiger partial charge in [-0.3, -0.25) is 0 Å². The fraction of sp³-hybridized carbons (Fsp3) is 0.556. The first-order valence-electron chi connectivity index (χ1n) is 4.51. The van der Waals surface area contributed by atoms with Crippen LogP contribution in [0.1, 0.15) is 28.2 Å². The summed E-state index contributed by atoms with van der Waals surface area (Å²) >= 11 is 1.81. The zero-order chi connectivity index (χ0) is 9.10. The Morgan fingerprint density at radius 1 is 1.46 bits per heavy atom. The maximum absolute atomic E-state index is 8.19. The SMILES string of the molecule is [N-]=[N+]=NCc1cc2c(s1)CCCC2. The van der Waals surface area contributed by atoms with Gasteiger partial charge in [0.1, 0.15) is 0 Å². The predicted octanol–water partition coefficient (Wildman–Crippen LogP) is 3.44. The van der Waals surface area contributed by atoms with Gasteiger partial charge in [-0.2, -0.15) is 0 Å². The van der Waals surface area contributed by atoms with E-state index in [1.807, 2.05) is 11.3 Å². The van der Waals surface area contributed by atoms with E-state index in [0.29, 0.717) is 6.54 Å². The van der Waals surface area contributed by atoms with Crippen molar-refractivity contribution in [3.05, 3.63) is 31.8 Å². The Labute approximate surface area is 81.0 Å². The van der Waals surface area contributed by atoms with Crippen molar-refractivity contribution in [1.82, 2.24) is 0 Å². The average Bonchev–Trinajstić information content (AvgIpc) is 2.57. The van der Waals surface area contributed by atoms with E-state index < -0.39 is 0 Å². The molecular weight excluding hydrogens is 182 g/mol. The van der Waals surface area contributed by atoms with Crippen molar-refractivity contribution in [2.24, 2.45) is 5.11 Å². The molecule has 4 heteroatoms. The van der Waals surface area contributed by atoms with Crippen LogP contribution < -0.4 is 0 Å². The van der Waals surface area contributed by atoms with Gasteiger partial charge < -0.3 is 0 Å². The van der Waals surface area contributed by atoms with Crippen molar-refractivity contribution in [2.45, 2.75) is 32.2 Å². The van der Waals surface area contributed by atoms with E-state index in [4.69, 9.17) is 5.53 Å². The van der Waals surface area contributed by atoms with Crippen LogP contribution in [0.2, 0.25) is 0 Å². The van der Waals surface area contributed by atoms with Crippen molar-refractivity contribution >= 4 is 11.3 Å². The molecule has 2 rings (SSSR count). The quantitative estimate of drug-likeness (QED) is 0.392. The molecule has 0 fully saturated rings. The number of hydrogen-bond donors (Lipinski definition) is 0. The minimum absolute atomic E-state index is 0.522. The second-order valence-corrected chi connectivity index (χ2v) is 4.48. The van der Waals surface area contributed by atoms with E-state index in [2.05, 4.69) is 16.1 Å². The fourth-order valence-electron chi connectivity index (χ4n) is 1.73. The van der Waals surface area contributed by atoms with Gasteiger partial charge in [0.25, 0.3) is 0 Å². The molecule has 0 N–H and O–H groups in total. The highest BCUT2D eigenvalue weighted by Gasteiger charge is 2.12. The van der Waals surface area contributed by atoms with Crippen molar-refractivity contribution in [3.63, 3.8) is 0 Å². The largest absolute Gasteiger partial charge is 0.145 e. The number of rotatable bonds is 2. The molecule has 13 heavy (non-hydrogen) atoms. The lowest BCUT2D eigenvalue weighted by molar-refractivity contribution is 0.697. The van der Waals surface area contributed by atoms with E-state index in [9.17, 15) is 0 Å². The van der Waals surface area contributed by atoms with Crippen LogP contribution >= 0.6 is 11.3 Å². The molecule has 0 bridgehead atoms. The maximum Gasteiger partial charge on any atom is 0.0605 e. The first-order chi connectivity index (χ1) is 6.40. The van der Waals surface area contributed by atoms with Crippen LogP contribution in [0.4, 0.5) is 0 Å². The third-order valence-corrected chi connectivity index (χ3v) is 3.56. The van der Waals surface area contributed by atoms with Gasteiger partial charge in [-0.25, -0.2) is 0 Å². The van der Waals surface area contributed by atoms with E-state index in [0.717, 1.165) is 0 Å². The van der Waals surface area contributed by atoms with E-state index >= 15 is 0 Å². The first kappa shape index (κ1) is 8.60. The normalized spacial score (nSPS) is 14.8. The highest BCUT2D eigenvalue weighted by molar-refractivity contribution is 7.12.